The van der Waals surface area contributed by atoms with Crippen LogP contribution in [-0.4, -0.2) is 30.0 Å². The number of hydrogen-bond donors (Lipinski definition) is 2. The molecule has 2 amide bonds. The van der Waals surface area contributed by atoms with Crippen LogP contribution in [0, 0.1) is 10.1 Å². The summed E-state index contributed by atoms with van der Waals surface area (Å²) >= 11 is 0. The van der Waals surface area contributed by atoms with Crippen molar-refractivity contribution in [3.05, 3.63) is 89.0 Å². The predicted molar refractivity (Wildman–Crippen MR) is 114 cm³/mol. The van der Waals surface area contributed by atoms with Crippen molar-refractivity contribution < 1.29 is 24.0 Å². The van der Waals surface area contributed by atoms with E-state index < -0.39 is 17.4 Å². The molecule has 0 aliphatic heterocycles. The highest BCUT2D eigenvalue weighted by atomic mass is 16.6. The quantitative estimate of drug-likeness (QED) is 0.402. The Kier molecular flexibility index (Phi) is 7.15. The lowest BCUT2D eigenvalue weighted by atomic mass is 10.2. The number of nitrogens with zero attached hydrogens (tertiary/aromatic N) is 1. The van der Waals surface area contributed by atoms with Crippen molar-refractivity contribution in [3.63, 3.8) is 0 Å². The summed E-state index contributed by atoms with van der Waals surface area (Å²) in [5.74, 6) is -0.277. The van der Waals surface area contributed by atoms with Gasteiger partial charge in [0.25, 0.3) is 11.8 Å². The van der Waals surface area contributed by atoms with E-state index in [1.165, 1.54) is 18.2 Å². The molecule has 158 valence electrons. The highest BCUT2D eigenvalue weighted by molar-refractivity contribution is 5.95. The van der Waals surface area contributed by atoms with E-state index in [4.69, 9.17) is 9.47 Å². The number of amides is 2. The molecule has 0 aliphatic carbocycles. The number of ether oxygens (including phenoxy) is 2. The summed E-state index contributed by atoms with van der Waals surface area (Å²) in [6.45, 7) is -0.573. The van der Waals surface area contributed by atoms with Gasteiger partial charge in [0.15, 0.2) is 19.0 Å². The molecule has 0 bridgehead atoms. The van der Waals surface area contributed by atoms with Crippen LogP contribution in [0.15, 0.2) is 78.9 Å². The number of rotatable bonds is 9. The molecule has 0 spiro atoms. The molecule has 3 rings (SSSR count). The van der Waals surface area contributed by atoms with Gasteiger partial charge in [0.2, 0.25) is 0 Å². The van der Waals surface area contributed by atoms with Gasteiger partial charge in [-0.15, -0.1) is 0 Å². The van der Waals surface area contributed by atoms with Crippen molar-refractivity contribution >= 4 is 28.9 Å². The molecule has 0 heterocycles. The van der Waals surface area contributed by atoms with Crippen LogP contribution < -0.4 is 20.1 Å². The maximum atomic E-state index is 12.1. The summed E-state index contributed by atoms with van der Waals surface area (Å²) in [5, 5.41) is 16.3. The van der Waals surface area contributed by atoms with Crippen molar-refractivity contribution in [3.8, 4) is 11.5 Å². The molecule has 0 aliphatic rings. The molecular weight excluding hydrogens is 402 g/mol. The second-order valence-corrected chi connectivity index (χ2v) is 6.29. The molecule has 31 heavy (non-hydrogen) atoms. The van der Waals surface area contributed by atoms with Gasteiger partial charge in [0.05, 0.1) is 4.92 Å². The molecule has 9 heteroatoms. The lowest BCUT2D eigenvalue weighted by Gasteiger charge is -2.10. The van der Waals surface area contributed by atoms with Gasteiger partial charge in [0.1, 0.15) is 5.75 Å². The number of carbonyl (C=O) groups excluding carboxylic acids is 2. The largest absolute Gasteiger partial charge is 0.484 e. The van der Waals surface area contributed by atoms with Gasteiger partial charge in [-0.05, 0) is 36.4 Å². The Morgan fingerprint density at radius 2 is 1.35 bits per heavy atom. The van der Waals surface area contributed by atoms with Gasteiger partial charge >= 0.3 is 5.69 Å². The van der Waals surface area contributed by atoms with Crippen LogP contribution in [0.4, 0.5) is 17.1 Å². The van der Waals surface area contributed by atoms with Crippen molar-refractivity contribution in [1.82, 2.24) is 0 Å². The van der Waals surface area contributed by atoms with E-state index in [0.29, 0.717) is 17.1 Å². The number of para-hydroxylation sites is 3. The minimum absolute atomic E-state index is 0.00193. The summed E-state index contributed by atoms with van der Waals surface area (Å²) < 4.78 is 10.7. The second kappa shape index (κ2) is 10.4. The summed E-state index contributed by atoms with van der Waals surface area (Å²) in [6, 6.07) is 21.3. The second-order valence-electron chi connectivity index (χ2n) is 6.29. The third kappa shape index (κ3) is 6.57. The molecule has 0 radical (unpaired) electrons. The zero-order valence-electron chi connectivity index (χ0n) is 16.3. The first kappa shape index (κ1) is 21.3. The Morgan fingerprint density at radius 3 is 2.00 bits per heavy atom. The van der Waals surface area contributed by atoms with Gasteiger partial charge in [-0.2, -0.15) is 0 Å². The molecule has 0 saturated heterocycles. The lowest BCUT2D eigenvalue weighted by molar-refractivity contribution is -0.385. The van der Waals surface area contributed by atoms with Crippen LogP contribution in [0.1, 0.15) is 0 Å². The van der Waals surface area contributed by atoms with Crippen molar-refractivity contribution in [2.45, 2.75) is 0 Å². The number of hydrogen-bond acceptors (Lipinski definition) is 6. The molecule has 3 aromatic rings. The number of nitro benzene ring substituents is 1. The van der Waals surface area contributed by atoms with Crippen LogP contribution in [0.3, 0.4) is 0 Å². The normalized spacial score (nSPS) is 10.1. The zero-order chi connectivity index (χ0) is 22.1. The summed E-state index contributed by atoms with van der Waals surface area (Å²) in [5.41, 5.74) is 0.676. The van der Waals surface area contributed by atoms with Crippen LogP contribution in [0.25, 0.3) is 0 Å². The van der Waals surface area contributed by atoms with E-state index >= 15 is 0 Å². The van der Waals surface area contributed by atoms with E-state index in [1.54, 1.807) is 54.6 Å². The fraction of sp³-hybridized carbons (Fsp3) is 0.0909. The number of nitro groups is 1. The first-order valence-corrected chi connectivity index (χ1v) is 9.25. The monoisotopic (exact) mass is 421 g/mol. The van der Waals surface area contributed by atoms with Gasteiger partial charge in [-0.25, -0.2) is 0 Å². The average Bonchev–Trinajstić information content (AvgIpc) is 2.77. The molecular formula is C22H19N3O6. The summed E-state index contributed by atoms with van der Waals surface area (Å²) in [4.78, 5) is 34.6. The van der Waals surface area contributed by atoms with Crippen LogP contribution in [0.2, 0.25) is 0 Å². The molecule has 0 atom stereocenters. The van der Waals surface area contributed by atoms with Gasteiger partial charge in [-0.3, -0.25) is 19.7 Å². The van der Waals surface area contributed by atoms with E-state index in [0.717, 1.165) is 0 Å². The number of nitrogens with one attached hydrogen (secondary N) is 2. The van der Waals surface area contributed by atoms with E-state index in [1.807, 2.05) is 6.07 Å². The zero-order valence-corrected chi connectivity index (χ0v) is 16.3. The Balaban J connectivity index is 1.51. The first-order chi connectivity index (χ1) is 15.0. The SMILES string of the molecule is O=C(COc1ccccc1)Nc1cccc(NC(=O)COc2ccccc2[N+](=O)[O-])c1. The van der Waals surface area contributed by atoms with Gasteiger partial charge in [0, 0.05) is 17.4 Å². The average molecular weight is 421 g/mol. The molecule has 0 saturated carbocycles. The van der Waals surface area contributed by atoms with Crippen LogP contribution >= 0.6 is 0 Å². The lowest BCUT2D eigenvalue weighted by Crippen LogP contribution is -2.21. The Morgan fingerprint density at radius 1 is 0.774 bits per heavy atom. The van der Waals surface area contributed by atoms with Crippen LogP contribution in [0.5, 0.6) is 11.5 Å². The van der Waals surface area contributed by atoms with E-state index in [2.05, 4.69) is 10.6 Å². The van der Waals surface area contributed by atoms with E-state index in [9.17, 15) is 19.7 Å². The molecule has 0 unspecified atom stereocenters. The number of anilines is 2. The molecule has 0 fully saturated rings. The van der Waals surface area contributed by atoms with Gasteiger partial charge < -0.3 is 20.1 Å². The molecule has 2 N–H and O–H groups in total. The van der Waals surface area contributed by atoms with Crippen molar-refractivity contribution in [2.75, 3.05) is 23.8 Å². The summed E-state index contributed by atoms with van der Waals surface area (Å²) in [6.07, 6.45) is 0. The van der Waals surface area contributed by atoms with Crippen LogP contribution in [-0.2, 0) is 9.59 Å². The number of benzene rings is 3. The maximum absolute atomic E-state index is 12.1. The van der Waals surface area contributed by atoms with Gasteiger partial charge in [-0.1, -0.05) is 36.4 Å². The fourth-order valence-corrected chi connectivity index (χ4v) is 2.61. The maximum Gasteiger partial charge on any atom is 0.310 e. The molecule has 9 nitrogen and oxygen atoms in total. The topological polar surface area (TPSA) is 120 Å². The Bertz CT molecular complexity index is 1070. The first-order valence-electron chi connectivity index (χ1n) is 9.25. The predicted octanol–water partition coefficient (Wildman–Crippen LogP) is 3.63. The highest BCUT2D eigenvalue weighted by Crippen LogP contribution is 2.25. The summed E-state index contributed by atoms with van der Waals surface area (Å²) in [7, 11) is 0. The smallest absolute Gasteiger partial charge is 0.310 e. The highest BCUT2D eigenvalue weighted by Gasteiger charge is 2.15. The van der Waals surface area contributed by atoms with E-state index in [-0.39, 0.29) is 24.0 Å². The fourth-order valence-electron chi connectivity index (χ4n) is 2.61. The standard InChI is InChI=1S/C22H19N3O6/c26-21(14-30-18-9-2-1-3-10-18)23-16-7-6-8-17(13-16)24-22(27)15-31-20-12-5-4-11-19(20)25(28)29/h1-13H,14-15H2,(H,23,26)(H,24,27). The minimum Gasteiger partial charge on any atom is -0.484 e. The minimum atomic E-state index is -0.582. The van der Waals surface area contributed by atoms with Crippen molar-refractivity contribution in [2.24, 2.45) is 0 Å². The van der Waals surface area contributed by atoms with Crippen molar-refractivity contribution in [1.29, 1.82) is 0 Å². The molecule has 0 aromatic heterocycles. The third-order valence-corrected chi connectivity index (χ3v) is 3.96. The number of carbonyl (C=O) groups is 2. The third-order valence-electron chi connectivity index (χ3n) is 3.96. The Hall–Kier alpha value is -4.40. The molecule has 3 aromatic carbocycles. The Labute approximate surface area is 177 Å².